The first-order chi connectivity index (χ1) is 37.1. The quantitative estimate of drug-likeness (QED) is 0.0168. The molecule has 0 radical (unpaired) electrons. The highest BCUT2D eigenvalue weighted by Gasteiger charge is 2.38. The predicted octanol–water partition coefficient (Wildman–Crippen LogP) is -5.95. The van der Waals surface area contributed by atoms with Gasteiger partial charge in [-0.1, -0.05) is 64.4 Å². The highest BCUT2D eigenvalue weighted by atomic mass is 16.4. The predicted molar refractivity (Wildman–Crippen MR) is 288 cm³/mol. The number of carbonyl (C=O) groups is 10. The number of nitrogens with two attached hydrogens (primary N) is 4. The zero-order valence-electron chi connectivity index (χ0n) is 46.0. The standard InChI is InChI=1S/C50H86N14O15/c1-8-26(4)37(46(75)64-40(29(7)68)49(78)79)61-48(77)39(28(6)67)63-43(72)33(21-25(2)3)59-47(76)38(27(5)66)62-44(73)34(22-30-15-10-9-11-16-30)58-45(74)35(24-65)60-42(71)32(18-12-13-19-51)57-36(69)23-56-41(70)31(52)17-14-20-55-50(53)54/h9-11,15-16,25-29,31-35,37-40,65-68H,8,12-14,17-24,51-52H2,1-7H3,(H,56,70)(H,57,69)(H,58,74)(H,59,76)(H,60,71)(H,61,77)(H,62,73)(H,63,72)(H,64,75)(H,78,79)(H4,53,54,55)/t26-,27+,28+,29+,31-,32-,33-,34-,35-,37-,38-,39-,40-/m0/s1. The van der Waals surface area contributed by atoms with Gasteiger partial charge in [0.1, 0.15) is 42.3 Å². The van der Waals surface area contributed by atoms with Crippen LogP contribution in [0.1, 0.15) is 99.0 Å². The maximum Gasteiger partial charge on any atom is 0.328 e. The minimum absolute atomic E-state index is 0.0216. The topological polar surface area (TPSA) is 497 Å². The number of carboxylic acid groups (broad SMARTS) is 1. The summed E-state index contributed by atoms with van der Waals surface area (Å²) in [5, 5.41) is 73.0. The van der Waals surface area contributed by atoms with Crippen LogP contribution >= 0.6 is 0 Å². The number of guanidine groups is 1. The van der Waals surface area contributed by atoms with Gasteiger partial charge >= 0.3 is 5.97 Å². The molecule has 0 saturated carbocycles. The number of benzene rings is 1. The van der Waals surface area contributed by atoms with Gasteiger partial charge in [-0.05, 0) is 83.2 Å². The second-order valence-electron chi connectivity index (χ2n) is 19.8. The molecule has 22 N–H and O–H groups in total. The minimum atomic E-state index is -1.81. The molecule has 1 aromatic carbocycles. The number of carbonyl (C=O) groups excluding carboxylic acids is 9. The average molecular weight is 1120 g/mol. The third-order valence-electron chi connectivity index (χ3n) is 12.4. The summed E-state index contributed by atoms with van der Waals surface area (Å²) in [6, 6.07) is -5.52. The van der Waals surface area contributed by atoms with Gasteiger partial charge in [-0.15, -0.1) is 0 Å². The van der Waals surface area contributed by atoms with E-state index in [0.29, 0.717) is 31.2 Å². The monoisotopic (exact) mass is 1120 g/mol. The second kappa shape index (κ2) is 36.2. The first-order valence-electron chi connectivity index (χ1n) is 26.2. The number of aliphatic imine (C=N–C) groups is 1. The van der Waals surface area contributed by atoms with Crippen molar-refractivity contribution in [2.24, 2.45) is 39.8 Å². The highest BCUT2D eigenvalue weighted by molar-refractivity contribution is 5.98. The normalized spacial score (nSPS) is 16.1. The van der Waals surface area contributed by atoms with Crippen LogP contribution in [-0.4, -0.2) is 190 Å². The van der Waals surface area contributed by atoms with Gasteiger partial charge in [-0.2, -0.15) is 0 Å². The Morgan fingerprint density at radius 2 is 1.05 bits per heavy atom. The number of carboxylic acids is 1. The lowest BCUT2D eigenvalue weighted by Gasteiger charge is -2.30. The van der Waals surface area contributed by atoms with Crippen LogP contribution in [0.15, 0.2) is 35.3 Å². The van der Waals surface area contributed by atoms with Crippen molar-refractivity contribution in [3.8, 4) is 0 Å². The fourth-order valence-electron chi connectivity index (χ4n) is 7.61. The van der Waals surface area contributed by atoms with Crippen LogP contribution in [-0.2, 0) is 54.4 Å². The lowest BCUT2D eigenvalue weighted by molar-refractivity contribution is -0.145. The van der Waals surface area contributed by atoms with E-state index in [9.17, 15) is 73.5 Å². The Balaban J connectivity index is 3.38. The maximum atomic E-state index is 14.2. The first kappa shape index (κ1) is 70.0. The first-order valence-corrected chi connectivity index (χ1v) is 26.2. The number of rotatable bonds is 37. The summed E-state index contributed by atoms with van der Waals surface area (Å²) in [4.78, 5) is 138. The van der Waals surface area contributed by atoms with Gasteiger partial charge < -0.3 is 96.3 Å². The Morgan fingerprint density at radius 3 is 1.56 bits per heavy atom. The van der Waals surface area contributed by atoms with E-state index in [-0.39, 0.29) is 50.7 Å². The molecule has 0 fully saturated rings. The van der Waals surface area contributed by atoms with Crippen molar-refractivity contribution in [3.05, 3.63) is 35.9 Å². The summed E-state index contributed by atoms with van der Waals surface area (Å²) in [6.45, 7) is 9.04. The van der Waals surface area contributed by atoms with Gasteiger partial charge in [0.25, 0.3) is 0 Å². The largest absolute Gasteiger partial charge is 0.480 e. The van der Waals surface area contributed by atoms with Gasteiger partial charge in [-0.3, -0.25) is 48.1 Å². The Kier molecular flexibility index (Phi) is 32.0. The molecule has 1 aromatic rings. The van der Waals surface area contributed by atoms with Crippen LogP contribution in [0.25, 0.3) is 0 Å². The van der Waals surface area contributed by atoms with Crippen LogP contribution < -0.4 is 70.8 Å². The molecule has 29 heteroatoms. The Bertz CT molecular complexity index is 2180. The maximum absolute atomic E-state index is 14.2. The van der Waals surface area contributed by atoms with E-state index >= 15 is 0 Å². The SMILES string of the molecule is CC[C@H](C)[C@H](NC(=O)[C@@H](NC(=O)[C@H](CC(C)C)NC(=O)[C@@H](NC(=O)[C@H](Cc1ccccc1)NC(=O)[C@H](CO)NC(=O)[C@H](CCCCN)NC(=O)CNC(=O)[C@@H](N)CCCN=C(N)N)[C@@H](C)O)[C@@H](C)O)C(=O)N[C@H](C(=O)O)[C@@H](C)O. The van der Waals surface area contributed by atoms with E-state index in [4.69, 9.17) is 22.9 Å². The van der Waals surface area contributed by atoms with Crippen molar-refractivity contribution in [3.63, 3.8) is 0 Å². The Hall–Kier alpha value is -7.05. The zero-order chi connectivity index (χ0) is 60.1. The molecule has 0 aliphatic rings. The molecule has 79 heavy (non-hydrogen) atoms. The molecular weight excluding hydrogens is 1040 g/mol. The van der Waals surface area contributed by atoms with Crippen molar-refractivity contribution in [2.75, 3.05) is 26.2 Å². The van der Waals surface area contributed by atoms with Crippen LogP contribution in [0.4, 0.5) is 0 Å². The summed E-state index contributed by atoms with van der Waals surface area (Å²) in [5.41, 5.74) is 22.6. The molecule has 1 rings (SSSR count). The fourth-order valence-corrected chi connectivity index (χ4v) is 7.61. The lowest BCUT2D eigenvalue weighted by atomic mass is 9.96. The van der Waals surface area contributed by atoms with Gasteiger partial charge in [0.2, 0.25) is 53.2 Å². The molecule has 0 saturated heterocycles. The van der Waals surface area contributed by atoms with E-state index in [0.717, 1.165) is 13.8 Å². The zero-order valence-corrected chi connectivity index (χ0v) is 46.0. The molecule has 9 amide bonds. The van der Waals surface area contributed by atoms with Gasteiger partial charge in [0, 0.05) is 13.0 Å². The van der Waals surface area contributed by atoms with Crippen molar-refractivity contribution in [2.45, 2.75) is 173 Å². The molecule has 0 spiro atoms. The van der Waals surface area contributed by atoms with E-state index in [1.165, 1.54) is 6.92 Å². The summed E-state index contributed by atoms with van der Waals surface area (Å²) >= 11 is 0. The van der Waals surface area contributed by atoms with Gasteiger partial charge in [0.05, 0.1) is 37.5 Å². The van der Waals surface area contributed by atoms with Gasteiger partial charge in [-0.25, -0.2) is 4.79 Å². The summed E-state index contributed by atoms with van der Waals surface area (Å²) in [7, 11) is 0. The molecule has 0 unspecified atom stereocenters. The molecule has 0 aliphatic carbocycles. The highest BCUT2D eigenvalue weighted by Crippen LogP contribution is 2.13. The molecule has 0 bridgehead atoms. The van der Waals surface area contributed by atoms with E-state index in [1.807, 2.05) is 0 Å². The number of unbranched alkanes of at least 4 members (excludes halogenated alkanes) is 1. The van der Waals surface area contributed by atoms with Gasteiger partial charge in [0.15, 0.2) is 12.0 Å². The van der Waals surface area contributed by atoms with Crippen molar-refractivity contribution in [1.29, 1.82) is 0 Å². The van der Waals surface area contributed by atoms with Crippen LogP contribution in [0.2, 0.25) is 0 Å². The molecule has 13 atom stereocenters. The number of nitrogens with zero attached hydrogens (tertiary/aromatic N) is 1. The number of hydrogen-bond acceptors (Lipinski definition) is 17. The fraction of sp³-hybridized carbons (Fsp3) is 0.660. The Labute approximate surface area is 459 Å². The van der Waals surface area contributed by atoms with E-state index < -0.39 is 151 Å². The third kappa shape index (κ3) is 26.0. The smallest absolute Gasteiger partial charge is 0.328 e. The Morgan fingerprint density at radius 1 is 0.570 bits per heavy atom. The van der Waals surface area contributed by atoms with Crippen molar-refractivity contribution < 1.29 is 73.5 Å². The van der Waals surface area contributed by atoms with E-state index in [1.54, 1.807) is 58.0 Å². The van der Waals surface area contributed by atoms with Crippen molar-refractivity contribution >= 4 is 65.1 Å². The molecule has 0 aliphatic heterocycles. The average Bonchev–Trinajstić information content (AvgIpc) is 3.38. The van der Waals surface area contributed by atoms with Crippen molar-refractivity contribution in [1.82, 2.24) is 47.9 Å². The summed E-state index contributed by atoms with van der Waals surface area (Å²) in [5.74, 6) is -11.2. The number of aliphatic hydroxyl groups excluding tert-OH is 4. The molecule has 29 nitrogen and oxygen atoms in total. The molecule has 0 heterocycles. The molecular formula is C50H86N14O15. The molecule has 0 aromatic heterocycles. The van der Waals surface area contributed by atoms with Crippen LogP contribution in [0, 0.1) is 11.8 Å². The summed E-state index contributed by atoms with van der Waals surface area (Å²) in [6.07, 6.45) is -3.42. The lowest BCUT2D eigenvalue weighted by Crippen LogP contribution is -2.63. The number of hydrogen-bond donors (Lipinski definition) is 18. The van der Waals surface area contributed by atoms with E-state index in [2.05, 4.69) is 52.8 Å². The number of amides is 9. The van der Waals surface area contributed by atoms with Crippen LogP contribution in [0.3, 0.4) is 0 Å². The number of aliphatic carboxylic acids is 1. The number of aliphatic hydroxyl groups is 4. The summed E-state index contributed by atoms with van der Waals surface area (Å²) < 4.78 is 0. The number of nitrogens with one attached hydrogen (secondary N) is 9. The third-order valence-corrected chi connectivity index (χ3v) is 12.4. The molecule has 446 valence electrons. The van der Waals surface area contributed by atoms with Crippen LogP contribution in [0.5, 0.6) is 0 Å². The minimum Gasteiger partial charge on any atom is -0.480 e. The second-order valence-corrected chi connectivity index (χ2v) is 19.8.